The van der Waals surface area contributed by atoms with Crippen molar-refractivity contribution >= 4 is 30.6 Å². The van der Waals surface area contributed by atoms with Crippen LogP contribution in [0.25, 0.3) is 0 Å². The molecule has 60 heavy (non-hydrogen) atoms. The molecule has 0 unspecified atom stereocenters. The van der Waals surface area contributed by atoms with Crippen molar-refractivity contribution in [3.8, 4) is 0 Å². The van der Waals surface area contributed by atoms with E-state index in [-0.39, 0.29) is 24.5 Å². The Morgan fingerprint density at radius 2 is 1.05 bits per heavy atom. The third kappa shape index (κ3) is 17.5. The number of unbranched alkanes of at least 4 members (excludes halogenated alkanes) is 16. The lowest BCUT2D eigenvalue weighted by molar-refractivity contribution is -0.304. The van der Waals surface area contributed by atoms with Gasteiger partial charge in [-0.15, -0.1) is 0 Å². The Morgan fingerprint density at radius 1 is 0.633 bits per heavy atom. The molecule has 0 aromatic heterocycles. The van der Waals surface area contributed by atoms with E-state index in [1.54, 1.807) is 0 Å². The fourth-order valence-electron chi connectivity index (χ4n) is 8.24. The van der Waals surface area contributed by atoms with Crippen molar-refractivity contribution < 1.29 is 43.2 Å². The van der Waals surface area contributed by atoms with Crippen LogP contribution in [0.5, 0.6) is 0 Å². The van der Waals surface area contributed by atoms with Gasteiger partial charge in [-0.25, -0.2) is 0 Å². The Labute approximate surface area is 364 Å². The topological polar surface area (TPSA) is 121 Å². The van der Waals surface area contributed by atoms with E-state index >= 15 is 0 Å². The summed E-state index contributed by atoms with van der Waals surface area (Å²) in [6, 6.07) is 20.9. The molecule has 0 amide bonds. The van der Waals surface area contributed by atoms with Gasteiger partial charge < -0.3 is 33.6 Å². The number of aliphatic hydroxyl groups excluding tert-OH is 2. The van der Waals surface area contributed by atoms with Crippen LogP contribution in [0.15, 0.2) is 72.8 Å². The fourth-order valence-corrected chi connectivity index (χ4v) is 12.7. The van der Waals surface area contributed by atoms with Crippen molar-refractivity contribution in [2.24, 2.45) is 0 Å². The van der Waals surface area contributed by atoms with Crippen LogP contribution < -0.4 is 10.4 Å². The molecule has 2 aromatic rings. The number of hydrogen-bond acceptors (Lipinski definition) is 9. The van der Waals surface area contributed by atoms with Gasteiger partial charge in [-0.2, -0.15) is 0 Å². The molecule has 0 aliphatic carbocycles. The normalized spacial score (nSPS) is 19.8. The molecule has 9 nitrogen and oxygen atoms in total. The summed E-state index contributed by atoms with van der Waals surface area (Å²) in [7, 11) is -2.75. The van der Waals surface area contributed by atoms with Gasteiger partial charge in [-0.05, 0) is 28.3 Å². The maximum atomic E-state index is 13.3. The van der Waals surface area contributed by atoms with Gasteiger partial charge >= 0.3 is 11.9 Å². The summed E-state index contributed by atoms with van der Waals surface area (Å²) in [5.41, 5.74) is 0. The molecule has 2 N–H and O–H groups in total. The molecule has 3 rings (SSSR count). The highest BCUT2D eigenvalue weighted by Gasteiger charge is 2.51. The first-order valence-corrected chi connectivity index (χ1v) is 25.3. The molecule has 0 saturated carbocycles. The summed E-state index contributed by atoms with van der Waals surface area (Å²) in [5.74, 6) is -0.955. The van der Waals surface area contributed by atoms with Crippen molar-refractivity contribution in [2.45, 2.75) is 199 Å². The maximum absolute atomic E-state index is 13.3. The molecule has 0 bridgehead atoms. The minimum Gasteiger partial charge on any atom is -0.455 e. The molecule has 0 spiro atoms. The fraction of sp³-hybridized carbons (Fsp3) is 0.680. The number of rotatable bonds is 31. The Morgan fingerprint density at radius 3 is 1.48 bits per heavy atom. The summed E-state index contributed by atoms with van der Waals surface area (Å²) < 4.78 is 31.0. The second-order valence-corrected chi connectivity index (χ2v) is 21.9. The largest absolute Gasteiger partial charge is 0.455 e. The Balaban J connectivity index is 1.67. The van der Waals surface area contributed by atoms with E-state index in [2.05, 4.69) is 83.1 Å². The molecular weight excluding hydrogens is 773 g/mol. The Bertz CT molecular complexity index is 1410. The van der Waals surface area contributed by atoms with Gasteiger partial charge in [0.05, 0.1) is 19.8 Å². The summed E-state index contributed by atoms with van der Waals surface area (Å²) in [4.78, 5) is 26.5. The molecule has 1 heterocycles. The standard InChI is InChI=1S/C50H80O9Si/c1-6-8-10-12-14-16-18-20-28-36-44(52)58-47-46(54)43(40-51)57-49(48(47)59-45(53)37-29-21-19-17-15-13-11-9-7-2)55-38-30-31-39-56-60(50(3,4)5,41-32-24-22-25-33-41)42-34-26-23-27-35-42/h22-27,30-35,43,46-49,51,54H,6-21,28-29,36-40H2,1-5H3/b31-30-/t43-,46-,47+,48+,49+/m1/s1. The number of esters is 2. The van der Waals surface area contributed by atoms with Gasteiger partial charge in [0, 0.05) is 12.8 Å². The molecule has 1 aliphatic rings. The average Bonchev–Trinajstić information content (AvgIpc) is 3.24. The van der Waals surface area contributed by atoms with E-state index in [4.69, 9.17) is 23.4 Å². The van der Waals surface area contributed by atoms with Crippen molar-refractivity contribution in [3.05, 3.63) is 72.8 Å². The van der Waals surface area contributed by atoms with Gasteiger partial charge in [-0.1, -0.05) is 210 Å². The van der Waals surface area contributed by atoms with E-state index in [1.165, 1.54) is 74.6 Å². The number of ether oxygens (including phenoxy) is 4. The number of carbonyl (C=O) groups excluding carboxylic acids is 2. The van der Waals surface area contributed by atoms with Crippen molar-refractivity contribution in [1.29, 1.82) is 0 Å². The predicted molar refractivity (Wildman–Crippen MR) is 244 cm³/mol. The molecular formula is C50H80O9Si. The lowest BCUT2D eigenvalue weighted by atomic mass is 9.98. The lowest BCUT2D eigenvalue weighted by Crippen LogP contribution is -2.66. The maximum Gasteiger partial charge on any atom is 0.306 e. The SMILES string of the molecule is CCCCCCCCCCCC(=O)O[C@@H]1[C@@H](OC/C=C\CO[Si](c2ccccc2)(c2ccccc2)C(C)(C)C)O[C@H](CO)[C@@H](O)[C@@H]1OC(=O)CCCCCCCCCCC. The van der Waals surface area contributed by atoms with E-state index in [0.29, 0.717) is 19.4 Å². The van der Waals surface area contributed by atoms with Crippen molar-refractivity contribution in [1.82, 2.24) is 0 Å². The molecule has 1 fully saturated rings. The minimum absolute atomic E-state index is 0.0639. The van der Waals surface area contributed by atoms with E-state index in [0.717, 1.165) is 38.5 Å². The lowest BCUT2D eigenvalue weighted by Gasteiger charge is -2.43. The molecule has 0 radical (unpaired) electrons. The quantitative estimate of drug-likeness (QED) is 0.0331. The number of carbonyl (C=O) groups is 2. The molecule has 338 valence electrons. The Kier molecular flexibility index (Phi) is 25.3. The van der Waals surface area contributed by atoms with Gasteiger partial charge in [0.1, 0.15) is 12.2 Å². The minimum atomic E-state index is -2.75. The summed E-state index contributed by atoms with van der Waals surface area (Å²) in [6.45, 7) is 11.0. The molecule has 5 atom stereocenters. The van der Waals surface area contributed by atoms with Gasteiger partial charge in [0.25, 0.3) is 8.32 Å². The molecule has 10 heteroatoms. The summed E-state index contributed by atoms with van der Waals surface area (Å²) >= 11 is 0. The van der Waals surface area contributed by atoms with Crippen LogP contribution in [0.3, 0.4) is 0 Å². The van der Waals surface area contributed by atoms with Crippen LogP contribution in [0, 0.1) is 0 Å². The van der Waals surface area contributed by atoms with Crippen LogP contribution >= 0.6 is 0 Å². The highest BCUT2D eigenvalue weighted by Crippen LogP contribution is 2.37. The van der Waals surface area contributed by atoms with Crippen LogP contribution in [0.2, 0.25) is 5.04 Å². The van der Waals surface area contributed by atoms with E-state index < -0.39 is 57.6 Å². The van der Waals surface area contributed by atoms with Gasteiger partial charge in [0.2, 0.25) is 0 Å². The first kappa shape index (κ1) is 51.5. The molecule has 1 saturated heterocycles. The zero-order valence-electron chi connectivity index (χ0n) is 37.8. The summed E-state index contributed by atoms with van der Waals surface area (Å²) in [6.07, 6.45) is 17.9. The zero-order chi connectivity index (χ0) is 43.5. The second-order valence-electron chi connectivity index (χ2n) is 17.6. The Hall–Kier alpha value is -2.86. The van der Waals surface area contributed by atoms with Gasteiger partial charge in [0.15, 0.2) is 18.5 Å². The highest BCUT2D eigenvalue weighted by atomic mass is 28.4. The zero-order valence-corrected chi connectivity index (χ0v) is 38.8. The predicted octanol–water partition coefficient (Wildman–Crippen LogP) is 9.88. The third-order valence-electron chi connectivity index (χ3n) is 11.6. The first-order valence-electron chi connectivity index (χ1n) is 23.4. The van der Waals surface area contributed by atoms with Gasteiger partial charge in [-0.3, -0.25) is 9.59 Å². The smallest absolute Gasteiger partial charge is 0.306 e. The van der Waals surface area contributed by atoms with E-state index in [1.807, 2.05) is 24.3 Å². The monoisotopic (exact) mass is 853 g/mol. The van der Waals surface area contributed by atoms with Crippen LogP contribution in [0.1, 0.15) is 163 Å². The first-order chi connectivity index (χ1) is 29.1. The van der Waals surface area contributed by atoms with Crippen LogP contribution in [-0.4, -0.2) is 81.0 Å². The van der Waals surface area contributed by atoms with Crippen molar-refractivity contribution in [2.75, 3.05) is 19.8 Å². The average molecular weight is 853 g/mol. The number of benzene rings is 2. The van der Waals surface area contributed by atoms with E-state index in [9.17, 15) is 19.8 Å². The molecule has 2 aromatic carbocycles. The highest BCUT2D eigenvalue weighted by molar-refractivity contribution is 6.99. The number of aliphatic hydroxyl groups is 2. The molecule has 1 aliphatic heterocycles. The van der Waals surface area contributed by atoms with Crippen LogP contribution in [0.4, 0.5) is 0 Å². The third-order valence-corrected chi connectivity index (χ3v) is 16.6. The van der Waals surface area contributed by atoms with Crippen LogP contribution in [-0.2, 0) is 33.0 Å². The van der Waals surface area contributed by atoms with Crippen molar-refractivity contribution in [3.63, 3.8) is 0 Å². The second kappa shape index (κ2) is 29.4. The summed E-state index contributed by atoms with van der Waals surface area (Å²) in [5, 5.41) is 23.7. The number of hydrogen-bond donors (Lipinski definition) is 2.